The molecular weight excluding hydrogens is 412 g/mol. The van der Waals surface area contributed by atoms with Crippen LogP contribution in [0.1, 0.15) is 45.1 Å². The highest BCUT2D eigenvalue weighted by atomic mass is 16.5. The number of hydrogen-bond donors (Lipinski definition) is 3. The molecule has 3 N–H and O–H groups in total. The van der Waals surface area contributed by atoms with Gasteiger partial charge in [0.25, 0.3) is 0 Å². The van der Waals surface area contributed by atoms with Gasteiger partial charge in [0.05, 0.1) is 12.1 Å². The van der Waals surface area contributed by atoms with Gasteiger partial charge in [-0.05, 0) is 52.1 Å². The molecule has 4 atom stereocenters. The first kappa shape index (κ1) is 23.8. The largest absolute Gasteiger partial charge is 0.465 e. The summed E-state index contributed by atoms with van der Waals surface area (Å²) in [5, 5.41) is 14.6. The molecule has 176 valence electrons. The number of ether oxygens (including phenoxy) is 1. The Balaban J connectivity index is 1.58. The number of likely N-dealkylation sites (tertiary alicyclic amines) is 1. The van der Waals surface area contributed by atoms with Crippen molar-refractivity contribution in [1.82, 2.24) is 20.4 Å². The second-order valence-electron chi connectivity index (χ2n) is 8.93. The molecular formula is C23H34N4O5. The number of rotatable bonds is 7. The smallest absolute Gasteiger partial charge is 0.408 e. The van der Waals surface area contributed by atoms with Gasteiger partial charge in [-0.25, -0.2) is 9.59 Å². The minimum atomic E-state index is -1.08. The lowest BCUT2D eigenvalue weighted by Gasteiger charge is -2.44. The quantitative estimate of drug-likeness (QED) is 0.593. The predicted molar refractivity (Wildman–Crippen MR) is 119 cm³/mol. The molecule has 0 bridgehead atoms. The fourth-order valence-corrected chi connectivity index (χ4v) is 4.68. The van der Waals surface area contributed by atoms with E-state index < -0.39 is 18.2 Å². The molecule has 3 rings (SSSR count). The summed E-state index contributed by atoms with van der Waals surface area (Å²) in [5.41, 5.74) is 0.868. The Hall–Kier alpha value is -2.81. The van der Waals surface area contributed by atoms with Crippen LogP contribution in [-0.4, -0.2) is 76.8 Å². The van der Waals surface area contributed by atoms with Crippen molar-refractivity contribution < 1.29 is 24.2 Å². The van der Waals surface area contributed by atoms with E-state index >= 15 is 0 Å². The average molecular weight is 447 g/mol. The molecule has 3 amide bonds. The normalized spacial score (nSPS) is 25.8. The molecule has 1 saturated carbocycles. The third kappa shape index (κ3) is 5.91. The number of carbonyl (C=O) groups is 3. The van der Waals surface area contributed by atoms with Crippen LogP contribution in [0.2, 0.25) is 0 Å². The van der Waals surface area contributed by atoms with Gasteiger partial charge in [0.1, 0.15) is 12.6 Å². The van der Waals surface area contributed by atoms with Crippen molar-refractivity contribution in [1.29, 1.82) is 0 Å². The Morgan fingerprint density at radius 2 is 1.91 bits per heavy atom. The zero-order chi connectivity index (χ0) is 23.3. The van der Waals surface area contributed by atoms with Gasteiger partial charge in [-0.3, -0.25) is 4.79 Å². The highest BCUT2D eigenvalue weighted by molar-refractivity contribution is 5.87. The van der Waals surface area contributed by atoms with Crippen molar-refractivity contribution in [2.24, 2.45) is 0 Å². The van der Waals surface area contributed by atoms with E-state index in [4.69, 9.17) is 4.74 Å². The Labute approximate surface area is 189 Å². The molecule has 2 fully saturated rings. The number of nitrogens with one attached hydrogen (secondary N) is 2. The molecule has 9 heteroatoms. The Morgan fingerprint density at radius 1 is 1.19 bits per heavy atom. The van der Waals surface area contributed by atoms with Gasteiger partial charge in [0.15, 0.2) is 0 Å². The van der Waals surface area contributed by atoms with Gasteiger partial charge in [-0.15, -0.1) is 0 Å². The zero-order valence-electron chi connectivity index (χ0n) is 19.0. The van der Waals surface area contributed by atoms with Crippen LogP contribution in [0, 0.1) is 0 Å². The van der Waals surface area contributed by atoms with Gasteiger partial charge < -0.3 is 30.3 Å². The van der Waals surface area contributed by atoms with E-state index in [0.29, 0.717) is 31.8 Å². The first-order valence-corrected chi connectivity index (χ1v) is 11.2. The first-order valence-electron chi connectivity index (χ1n) is 11.2. The molecule has 32 heavy (non-hydrogen) atoms. The first-order chi connectivity index (χ1) is 15.3. The van der Waals surface area contributed by atoms with Crippen LogP contribution in [-0.2, 0) is 16.1 Å². The highest BCUT2D eigenvalue weighted by Crippen LogP contribution is 2.30. The predicted octanol–water partition coefficient (Wildman–Crippen LogP) is 2.41. The maximum absolute atomic E-state index is 13.0. The second-order valence-corrected chi connectivity index (χ2v) is 8.93. The molecule has 1 saturated heterocycles. The molecule has 1 heterocycles. The Morgan fingerprint density at radius 3 is 2.56 bits per heavy atom. The summed E-state index contributed by atoms with van der Waals surface area (Å²) in [6.45, 7) is 4.84. The van der Waals surface area contributed by atoms with Crippen LogP contribution in [0.4, 0.5) is 9.59 Å². The number of hydrogen-bond acceptors (Lipinski definition) is 5. The van der Waals surface area contributed by atoms with Crippen molar-refractivity contribution >= 4 is 18.1 Å². The number of carboxylic acid groups (broad SMARTS) is 1. The second kappa shape index (κ2) is 10.7. The topological polar surface area (TPSA) is 111 Å². The van der Waals surface area contributed by atoms with Gasteiger partial charge in [0, 0.05) is 18.6 Å². The van der Waals surface area contributed by atoms with Crippen LogP contribution in [0.25, 0.3) is 0 Å². The van der Waals surface area contributed by atoms with Crippen LogP contribution in [0.5, 0.6) is 0 Å². The molecule has 1 aliphatic carbocycles. The van der Waals surface area contributed by atoms with Crippen LogP contribution >= 0.6 is 0 Å². The van der Waals surface area contributed by atoms with Crippen molar-refractivity contribution in [3.63, 3.8) is 0 Å². The third-order valence-corrected chi connectivity index (χ3v) is 6.63. The molecule has 0 unspecified atom stereocenters. The number of amides is 3. The van der Waals surface area contributed by atoms with Crippen LogP contribution < -0.4 is 10.6 Å². The lowest BCUT2D eigenvalue weighted by Crippen LogP contribution is -2.59. The fraction of sp³-hybridized carbons (Fsp3) is 0.609. The van der Waals surface area contributed by atoms with Crippen molar-refractivity contribution in [3.8, 4) is 0 Å². The van der Waals surface area contributed by atoms with E-state index in [1.165, 1.54) is 0 Å². The SMILES string of the molecule is CC(C)N(C)[C@@H]1CC[C@H](N2CC[C@H](NC(=O)OCc3ccccc3)C2=O)[C@H](NC(=O)O)C1. The summed E-state index contributed by atoms with van der Waals surface area (Å²) >= 11 is 0. The zero-order valence-corrected chi connectivity index (χ0v) is 19.0. The maximum atomic E-state index is 13.0. The molecule has 2 aliphatic rings. The molecule has 0 aromatic heterocycles. The number of benzene rings is 1. The van der Waals surface area contributed by atoms with E-state index in [1.54, 1.807) is 4.90 Å². The summed E-state index contributed by atoms with van der Waals surface area (Å²) < 4.78 is 5.24. The molecule has 0 spiro atoms. The van der Waals surface area contributed by atoms with E-state index in [0.717, 1.165) is 12.0 Å². The molecule has 1 aliphatic heterocycles. The van der Waals surface area contributed by atoms with Crippen LogP contribution in [0.3, 0.4) is 0 Å². The van der Waals surface area contributed by atoms with Gasteiger partial charge in [0.2, 0.25) is 5.91 Å². The third-order valence-electron chi connectivity index (χ3n) is 6.63. The summed E-state index contributed by atoms with van der Waals surface area (Å²) in [7, 11) is 2.05. The Kier molecular flexibility index (Phi) is 7.95. The van der Waals surface area contributed by atoms with E-state index in [2.05, 4.69) is 36.4 Å². The molecule has 9 nitrogen and oxygen atoms in total. The number of alkyl carbamates (subject to hydrolysis) is 1. The number of nitrogens with zero attached hydrogens (tertiary/aromatic N) is 2. The number of carbonyl (C=O) groups excluding carboxylic acids is 2. The Bertz CT molecular complexity index is 803. The standard InChI is InChI=1S/C23H34N4O5/c1-15(2)26(3)17-9-10-20(19(13-17)24-22(29)30)27-12-11-18(21(27)28)25-23(31)32-14-16-7-5-4-6-8-16/h4-8,15,17-20,24H,9-14H2,1-3H3,(H,25,31)(H,29,30)/t17-,18+,19-,20+/m1/s1. The summed E-state index contributed by atoms with van der Waals surface area (Å²) in [4.78, 5) is 40.6. The molecule has 0 radical (unpaired) electrons. The van der Waals surface area contributed by atoms with E-state index in [-0.39, 0.29) is 30.6 Å². The summed E-state index contributed by atoms with van der Waals surface area (Å²) in [5.74, 6) is -0.181. The maximum Gasteiger partial charge on any atom is 0.408 e. The lowest BCUT2D eigenvalue weighted by atomic mass is 9.84. The van der Waals surface area contributed by atoms with Crippen molar-refractivity contribution in [2.45, 2.75) is 76.3 Å². The van der Waals surface area contributed by atoms with E-state index in [1.807, 2.05) is 30.3 Å². The van der Waals surface area contributed by atoms with Gasteiger partial charge in [-0.2, -0.15) is 0 Å². The lowest BCUT2D eigenvalue weighted by molar-refractivity contribution is -0.132. The highest BCUT2D eigenvalue weighted by Gasteiger charge is 2.43. The summed E-state index contributed by atoms with van der Waals surface area (Å²) in [6.07, 6.45) is 1.01. The van der Waals surface area contributed by atoms with E-state index in [9.17, 15) is 19.5 Å². The van der Waals surface area contributed by atoms with Crippen LogP contribution in [0.15, 0.2) is 30.3 Å². The van der Waals surface area contributed by atoms with Gasteiger partial charge in [-0.1, -0.05) is 30.3 Å². The van der Waals surface area contributed by atoms with Crippen molar-refractivity contribution in [3.05, 3.63) is 35.9 Å². The molecule has 1 aromatic rings. The minimum absolute atomic E-state index is 0.134. The summed E-state index contributed by atoms with van der Waals surface area (Å²) in [6, 6.07) is 8.72. The fourth-order valence-electron chi connectivity index (χ4n) is 4.68. The molecule has 1 aromatic carbocycles. The minimum Gasteiger partial charge on any atom is -0.465 e. The monoisotopic (exact) mass is 446 g/mol. The van der Waals surface area contributed by atoms with Gasteiger partial charge >= 0.3 is 12.2 Å². The average Bonchev–Trinajstić information content (AvgIpc) is 3.11. The van der Waals surface area contributed by atoms with Crippen molar-refractivity contribution in [2.75, 3.05) is 13.6 Å².